The monoisotopic (exact) mass is 470 g/mol. The highest BCUT2D eigenvalue weighted by Gasteiger charge is 2.80. The van der Waals surface area contributed by atoms with Gasteiger partial charge in [0.2, 0.25) is 0 Å². The van der Waals surface area contributed by atoms with Gasteiger partial charge in [-0.2, -0.15) is 0 Å². The van der Waals surface area contributed by atoms with Crippen molar-refractivity contribution in [2.24, 2.45) is 40.4 Å². The fourth-order valence-corrected chi connectivity index (χ4v) is 9.69. The zero-order valence-electron chi connectivity index (χ0n) is 20.8. The molecular weight excluding hydrogens is 432 g/mol. The summed E-state index contributed by atoms with van der Waals surface area (Å²) in [4.78, 5) is 25.8. The number of esters is 1. The summed E-state index contributed by atoms with van der Waals surface area (Å²) < 4.78 is 12.1. The van der Waals surface area contributed by atoms with Crippen molar-refractivity contribution in [2.75, 3.05) is 6.61 Å². The number of hydrogen-bond acceptors (Lipinski definition) is 6. The number of fused-ring (bicyclic) bond motifs is 4. The van der Waals surface area contributed by atoms with Crippen molar-refractivity contribution in [1.29, 1.82) is 0 Å². The van der Waals surface area contributed by atoms with Gasteiger partial charge in [0.15, 0.2) is 5.78 Å². The Morgan fingerprint density at radius 2 is 1.94 bits per heavy atom. The maximum atomic E-state index is 13.3. The van der Waals surface area contributed by atoms with Gasteiger partial charge in [-0.25, -0.2) is 4.79 Å². The molecule has 4 fully saturated rings. The van der Waals surface area contributed by atoms with Crippen molar-refractivity contribution >= 4 is 11.8 Å². The first-order valence-corrected chi connectivity index (χ1v) is 13.2. The van der Waals surface area contributed by atoms with E-state index in [9.17, 15) is 19.8 Å². The summed E-state index contributed by atoms with van der Waals surface area (Å²) >= 11 is 0. The summed E-state index contributed by atoms with van der Waals surface area (Å²) in [6.07, 6.45) is 8.23. The van der Waals surface area contributed by atoms with Crippen LogP contribution in [0, 0.1) is 40.4 Å². The first-order chi connectivity index (χ1) is 16.1. The van der Waals surface area contributed by atoms with E-state index in [1.54, 1.807) is 12.2 Å². The molecule has 3 saturated carbocycles. The fraction of sp³-hybridized carbons (Fsp3) is 0.786. The Labute approximate surface area is 201 Å². The third-order valence-electron chi connectivity index (χ3n) is 11.6. The van der Waals surface area contributed by atoms with Crippen molar-refractivity contribution in [3.63, 3.8) is 0 Å². The minimum Gasteiger partial charge on any atom is -0.458 e. The summed E-state index contributed by atoms with van der Waals surface area (Å²) in [5.74, 6) is 1.61. The fourth-order valence-electron chi connectivity index (χ4n) is 9.69. The molecule has 1 spiro atoms. The van der Waals surface area contributed by atoms with Crippen LogP contribution in [0.4, 0.5) is 0 Å². The Bertz CT molecular complexity index is 999. The second-order valence-electron chi connectivity index (χ2n) is 12.5. The van der Waals surface area contributed by atoms with Crippen LogP contribution < -0.4 is 0 Å². The first kappa shape index (κ1) is 22.9. The lowest BCUT2D eigenvalue weighted by molar-refractivity contribution is -0.155. The van der Waals surface area contributed by atoms with Crippen molar-refractivity contribution in [3.05, 3.63) is 23.3 Å². The molecular formula is C28H38O6. The number of aliphatic hydroxyl groups excluding tert-OH is 2. The number of carbonyl (C=O) groups is 2. The number of hydrogen-bond donors (Lipinski definition) is 2. The maximum Gasteiger partial charge on any atom is 0.336 e. The first-order valence-electron chi connectivity index (χ1n) is 13.2. The van der Waals surface area contributed by atoms with Crippen LogP contribution in [0.15, 0.2) is 23.3 Å². The minimum atomic E-state index is -0.719. The van der Waals surface area contributed by atoms with E-state index in [2.05, 4.69) is 20.8 Å². The number of aliphatic hydroxyl groups is 2. The van der Waals surface area contributed by atoms with Gasteiger partial charge in [-0.3, -0.25) is 4.79 Å². The van der Waals surface area contributed by atoms with Crippen LogP contribution in [0.25, 0.3) is 0 Å². The van der Waals surface area contributed by atoms with Crippen LogP contribution in [0.5, 0.6) is 0 Å². The molecule has 2 aliphatic heterocycles. The molecule has 6 rings (SSSR count). The second-order valence-corrected chi connectivity index (χ2v) is 12.5. The number of epoxide rings is 1. The number of carbonyl (C=O) groups excluding carboxylic acids is 2. The molecule has 0 amide bonds. The third-order valence-corrected chi connectivity index (χ3v) is 11.6. The largest absolute Gasteiger partial charge is 0.458 e. The Morgan fingerprint density at radius 1 is 1.18 bits per heavy atom. The van der Waals surface area contributed by atoms with Crippen LogP contribution in [-0.2, 0) is 19.1 Å². The summed E-state index contributed by atoms with van der Waals surface area (Å²) in [6, 6.07) is 0. The van der Waals surface area contributed by atoms with Crippen LogP contribution in [0.2, 0.25) is 0 Å². The molecule has 0 aromatic carbocycles. The number of rotatable bonds is 3. The number of ketones is 1. The normalized spacial score (nSPS) is 52.4. The molecule has 11 atom stereocenters. The molecule has 0 unspecified atom stereocenters. The summed E-state index contributed by atoms with van der Waals surface area (Å²) in [5.41, 5.74) is 0.129. The Balaban J connectivity index is 1.27. The predicted molar refractivity (Wildman–Crippen MR) is 124 cm³/mol. The van der Waals surface area contributed by atoms with E-state index in [0.29, 0.717) is 29.7 Å². The quantitative estimate of drug-likeness (QED) is 0.485. The highest BCUT2D eigenvalue weighted by atomic mass is 16.6. The molecule has 0 radical (unpaired) electrons. The Kier molecular flexibility index (Phi) is 4.90. The average Bonchev–Trinajstić information content (AvgIpc) is 3.43. The highest BCUT2D eigenvalue weighted by molar-refractivity contribution is 5.98. The van der Waals surface area contributed by atoms with Crippen molar-refractivity contribution in [2.45, 2.75) is 90.1 Å². The topological polar surface area (TPSA) is 96.4 Å². The zero-order valence-corrected chi connectivity index (χ0v) is 20.8. The Morgan fingerprint density at radius 3 is 2.65 bits per heavy atom. The molecule has 0 aromatic rings. The molecule has 34 heavy (non-hydrogen) atoms. The van der Waals surface area contributed by atoms with E-state index < -0.39 is 17.1 Å². The van der Waals surface area contributed by atoms with Gasteiger partial charge in [-0.15, -0.1) is 0 Å². The van der Waals surface area contributed by atoms with Gasteiger partial charge in [0, 0.05) is 6.42 Å². The lowest BCUT2D eigenvalue weighted by Gasteiger charge is -2.58. The van der Waals surface area contributed by atoms with E-state index in [1.807, 2.05) is 6.92 Å². The summed E-state index contributed by atoms with van der Waals surface area (Å²) in [5, 5.41) is 20.4. The molecule has 1 saturated heterocycles. The predicted octanol–water partition coefficient (Wildman–Crippen LogP) is 3.35. The van der Waals surface area contributed by atoms with Crippen molar-refractivity contribution < 1.29 is 29.3 Å². The molecule has 2 heterocycles. The van der Waals surface area contributed by atoms with Gasteiger partial charge in [0.25, 0.3) is 0 Å². The van der Waals surface area contributed by atoms with Crippen molar-refractivity contribution in [3.8, 4) is 0 Å². The van der Waals surface area contributed by atoms with Gasteiger partial charge >= 0.3 is 5.97 Å². The maximum absolute atomic E-state index is 13.3. The van der Waals surface area contributed by atoms with Gasteiger partial charge in [-0.1, -0.05) is 19.4 Å². The second kappa shape index (κ2) is 7.27. The number of allylic oxidation sites excluding steroid dienone is 1. The minimum absolute atomic E-state index is 0.0366. The van der Waals surface area contributed by atoms with Gasteiger partial charge in [-0.05, 0) is 93.1 Å². The smallest absolute Gasteiger partial charge is 0.336 e. The molecule has 0 aromatic heterocycles. The van der Waals surface area contributed by atoms with Crippen LogP contribution in [-0.4, -0.2) is 52.5 Å². The standard InChI is InChI=1S/C28H38O6/c1-14-11-21(33-25(32)17(14)13-29)15(2)18-5-6-19-16-12-24-28(34-24)23(31)8-7-22(30)27(28,4)20(16)9-10-26(18,19)3/h7-8,15-16,18-21,23-24,29,31H,5-6,9-13H2,1-4H3/t15-,16-,18+,19-,20-,21+,23-,24+,26+,27-,28+/m1/s1. The van der Waals surface area contributed by atoms with Crippen LogP contribution in [0.1, 0.15) is 66.2 Å². The lowest BCUT2D eigenvalue weighted by atomic mass is 9.44. The van der Waals surface area contributed by atoms with E-state index in [4.69, 9.17) is 9.47 Å². The van der Waals surface area contributed by atoms with E-state index in [-0.39, 0.29) is 47.8 Å². The molecule has 4 aliphatic carbocycles. The van der Waals surface area contributed by atoms with Gasteiger partial charge in [0.1, 0.15) is 17.8 Å². The van der Waals surface area contributed by atoms with Crippen molar-refractivity contribution in [1.82, 2.24) is 0 Å². The average molecular weight is 471 g/mol. The number of ether oxygens (including phenoxy) is 2. The highest BCUT2D eigenvalue weighted by Crippen LogP contribution is 2.73. The lowest BCUT2D eigenvalue weighted by Crippen LogP contribution is -2.63. The van der Waals surface area contributed by atoms with Crippen LogP contribution >= 0.6 is 0 Å². The van der Waals surface area contributed by atoms with Gasteiger partial charge < -0.3 is 19.7 Å². The van der Waals surface area contributed by atoms with E-state index >= 15 is 0 Å². The van der Waals surface area contributed by atoms with Crippen LogP contribution in [0.3, 0.4) is 0 Å². The molecule has 6 aliphatic rings. The third kappa shape index (κ3) is 2.63. The van der Waals surface area contributed by atoms with E-state index in [0.717, 1.165) is 37.7 Å². The van der Waals surface area contributed by atoms with E-state index in [1.165, 1.54) is 0 Å². The molecule has 0 bridgehead atoms. The molecule has 6 nitrogen and oxygen atoms in total. The molecule has 6 heteroatoms. The summed E-state index contributed by atoms with van der Waals surface area (Å²) in [7, 11) is 0. The molecule has 2 N–H and O–H groups in total. The molecule has 186 valence electrons. The zero-order chi connectivity index (χ0) is 24.2. The Hall–Kier alpha value is -1.50. The summed E-state index contributed by atoms with van der Waals surface area (Å²) in [6.45, 7) is 8.41. The van der Waals surface area contributed by atoms with Gasteiger partial charge in [0.05, 0.1) is 23.7 Å². The number of cyclic esters (lactones) is 1. The SMILES string of the molecule is CC1=C(CO)C(=O)O[C@H]([C@H](C)[C@@H]2CC[C@@H]3[C@H]4C[C@@H]5O[C@@]56[C@H](O)C=CC(=O)[C@@]6(C)[C@@H]4CC[C@]32C)C1.